The molecule has 8 heterocycles. The van der Waals surface area contributed by atoms with E-state index in [9.17, 15) is 0 Å². The number of fused-ring (bicyclic) bond motifs is 14. The average Bonchev–Trinajstić information content (AvgIpc) is 1.59. The summed E-state index contributed by atoms with van der Waals surface area (Å²) < 4.78 is 20.0. The molecule has 0 aliphatic carbocycles. The van der Waals surface area contributed by atoms with Crippen molar-refractivity contribution >= 4 is 119 Å². The quantitative estimate of drug-likeness (QED) is 0.122. The molecule has 113 heavy (non-hydrogen) atoms. The summed E-state index contributed by atoms with van der Waals surface area (Å²) >= 11 is 1.84. The molecule has 0 radical (unpaired) electrons. The lowest BCUT2D eigenvalue weighted by molar-refractivity contribution is 0.620. The molecule has 0 N–H and O–H groups in total. The van der Waals surface area contributed by atoms with E-state index in [0.717, 1.165) is 144 Å². The predicted molar refractivity (Wildman–Crippen MR) is 458 cm³/mol. The van der Waals surface area contributed by atoms with Crippen molar-refractivity contribution in [3.63, 3.8) is 0 Å². The van der Waals surface area contributed by atoms with Gasteiger partial charge in [0, 0.05) is 108 Å². The summed E-state index contributed by atoms with van der Waals surface area (Å²) in [7, 11) is 0. The third-order valence-corrected chi connectivity index (χ3v) is 22.3. The van der Waals surface area contributed by atoms with Crippen LogP contribution in [0, 0.1) is 0 Å². The highest BCUT2D eigenvalue weighted by atomic mass is 32.1. The molecule has 528 valence electrons. The first-order valence-corrected chi connectivity index (χ1v) is 38.2. The Bertz CT molecular complexity index is 7540. The molecule has 0 amide bonds. The van der Waals surface area contributed by atoms with Gasteiger partial charge >= 0.3 is 0 Å². The number of hydrogen-bond donors (Lipinski definition) is 0. The second-order valence-corrected chi connectivity index (χ2v) is 29.0. The second kappa shape index (κ2) is 26.9. The number of oxazole rings is 1. The molecule has 0 aliphatic rings. The van der Waals surface area contributed by atoms with Crippen LogP contribution < -0.4 is 0 Å². The minimum atomic E-state index is 0.532. The Morgan fingerprint density at radius 3 is 1.20 bits per heavy atom. The summed E-state index contributed by atoms with van der Waals surface area (Å²) in [6, 6.07) is 123. The van der Waals surface area contributed by atoms with Gasteiger partial charge in [-0.15, -0.1) is 11.3 Å². The van der Waals surface area contributed by atoms with Crippen molar-refractivity contribution in [2.24, 2.45) is 0 Å². The Morgan fingerprint density at radius 1 is 0.212 bits per heavy atom. The predicted octanol–water partition coefficient (Wildman–Crippen LogP) is 25.3. The Balaban J connectivity index is 0.000000139. The summed E-state index contributed by atoms with van der Waals surface area (Å²) in [5.41, 5.74) is 19.1. The highest BCUT2D eigenvalue weighted by Gasteiger charge is 2.26. The maximum atomic E-state index is 6.41. The molecular formula is C99H59N11O2S. The van der Waals surface area contributed by atoms with Crippen LogP contribution in [0.5, 0.6) is 0 Å². The first kappa shape index (κ1) is 64.9. The molecular weight excluding hydrogens is 1410 g/mol. The van der Waals surface area contributed by atoms with Crippen LogP contribution in [-0.2, 0) is 0 Å². The van der Waals surface area contributed by atoms with Gasteiger partial charge in [-0.2, -0.15) is 0 Å². The lowest BCUT2D eigenvalue weighted by atomic mass is 10.0. The number of furan rings is 1. The number of rotatable bonds is 11. The highest BCUT2D eigenvalue weighted by molar-refractivity contribution is 7.25. The Morgan fingerprint density at radius 2 is 0.637 bits per heavy atom. The van der Waals surface area contributed by atoms with Crippen molar-refractivity contribution in [1.82, 2.24) is 54.0 Å². The largest absolute Gasteiger partial charge is 0.456 e. The topological polar surface area (TPSA) is 152 Å². The molecule has 23 rings (SSSR count). The van der Waals surface area contributed by atoms with E-state index in [0.29, 0.717) is 46.7 Å². The summed E-state index contributed by atoms with van der Waals surface area (Å²) in [6.07, 6.45) is 0. The first-order valence-electron chi connectivity index (χ1n) is 37.4. The zero-order chi connectivity index (χ0) is 74.5. The van der Waals surface area contributed by atoms with Crippen LogP contribution in [0.1, 0.15) is 0 Å². The van der Waals surface area contributed by atoms with Crippen LogP contribution in [0.4, 0.5) is 0 Å². The molecule has 0 fully saturated rings. The van der Waals surface area contributed by atoms with Crippen molar-refractivity contribution in [3.05, 3.63) is 358 Å². The number of aromatic nitrogens is 11. The third kappa shape index (κ3) is 11.3. The van der Waals surface area contributed by atoms with Crippen molar-refractivity contribution in [2.75, 3.05) is 0 Å². The second-order valence-electron chi connectivity index (χ2n) is 27.9. The minimum Gasteiger partial charge on any atom is -0.456 e. The lowest BCUT2D eigenvalue weighted by Crippen LogP contribution is -2.04. The molecule has 8 aromatic heterocycles. The molecule has 0 spiro atoms. The molecule has 0 aliphatic heterocycles. The molecule has 0 bridgehead atoms. The summed E-state index contributed by atoms with van der Waals surface area (Å²) in [6.45, 7) is 0. The number of thiophene rings is 1. The maximum absolute atomic E-state index is 6.41. The fourth-order valence-electron chi connectivity index (χ4n) is 15.9. The number of benzene rings is 15. The van der Waals surface area contributed by atoms with Gasteiger partial charge in [0.2, 0.25) is 5.89 Å². The van der Waals surface area contributed by atoms with Crippen molar-refractivity contribution in [2.45, 2.75) is 0 Å². The van der Waals surface area contributed by atoms with Crippen LogP contribution in [-0.4, -0.2) is 54.0 Å². The molecule has 15 aromatic carbocycles. The van der Waals surface area contributed by atoms with Crippen molar-refractivity contribution in [1.29, 1.82) is 0 Å². The number of nitrogens with zero attached hydrogens (tertiary/aromatic N) is 11. The molecule has 14 heteroatoms. The highest BCUT2D eigenvalue weighted by Crippen LogP contribution is 2.46. The van der Waals surface area contributed by atoms with Crippen LogP contribution in [0.2, 0.25) is 0 Å². The van der Waals surface area contributed by atoms with Crippen molar-refractivity contribution in [3.8, 4) is 114 Å². The Labute approximate surface area is 649 Å². The molecule has 23 aromatic rings. The minimum absolute atomic E-state index is 0.532. The molecule has 13 nitrogen and oxygen atoms in total. The summed E-state index contributed by atoms with van der Waals surface area (Å²) in [5.74, 6) is 4.59. The van der Waals surface area contributed by atoms with E-state index in [2.05, 4.69) is 173 Å². The lowest BCUT2D eigenvalue weighted by Gasteiger charge is -2.16. The average molecular weight is 1470 g/mol. The smallest absolute Gasteiger partial charge is 0.227 e. The van der Waals surface area contributed by atoms with Gasteiger partial charge in [0.25, 0.3) is 0 Å². The van der Waals surface area contributed by atoms with E-state index in [1.54, 1.807) is 0 Å². The van der Waals surface area contributed by atoms with Gasteiger partial charge < -0.3 is 18.0 Å². The molecule has 0 saturated carbocycles. The monoisotopic (exact) mass is 1470 g/mol. The third-order valence-electron chi connectivity index (χ3n) is 21.1. The zero-order valence-corrected chi connectivity index (χ0v) is 61.0. The Kier molecular flexibility index (Phi) is 15.4. The maximum Gasteiger partial charge on any atom is 0.227 e. The molecule has 0 atom stereocenters. The van der Waals surface area contributed by atoms with Gasteiger partial charge in [0.05, 0.1) is 44.7 Å². The zero-order valence-electron chi connectivity index (χ0n) is 60.2. The van der Waals surface area contributed by atoms with Crippen LogP contribution in [0.15, 0.2) is 367 Å². The molecule has 0 saturated heterocycles. The fraction of sp³-hybridized carbons (Fsp3) is 0. The summed E-state index contributed by atoms with van der Waals surface area (Å²) in [5, 5.41) is 10.2. The number of para-hydroxylation sites is 6. The van der Waals surface area contributed by atoms with Gasteiger partial charge in [0.1, 0.15) is 16.7 Å². The fourth-order valence-corrected chi connectivity index (χ4v) is 17.0. The van der Waals surface area contributed by atoms with Gasteiger partial charge in [-0.05, 0) is 103 Å². The van der Waals surface area contributed by atoms with E-state index < -0.39 is 0 Å². The normalized spacial score (nSPS) is 11.7. The van der Waals surface area contributed by atoms with Crippen LogP contribution in [0.25, 0.3) is 222 Å². The van der Waals surface area contributed by atoms with E-state index in [1.165, 1.54) is 30.9 Å². The van der Waals surface area contributed by atoms with Crippen LogP contribution in [0.3, 0.4) is 0 Å². The van der Waals surface area contributed by atoms with E-state index >= 15 is 0 Å². The van der Waals surface area contributed by atoms with Gasteiger partial charge in [-0.25, -0.2) is 44.9 Å². The molecule has 0 unspecified atom stereocenters. The SMILES string of the molecule is c1ccc(-c2nc(-c3ccccc3)nc(-c3cc(-c4nc(-c5ccccc5)c5ccccc5n4)ccc3-n3c4ccccc4c4cc5oc6ccccc6c5cc43)n2)cc1.c1ccc(-c2nc(-c3ccccc3)nc(-c3cc(-c4nc5ccccc5o4)ccc3-n3c4ccccc4c4cc5sc6ccccc6c5cc43)n2)cc1. The summed E-state index contributed by atoms with van der Waals surface area (Å²) in [4.78, 5) is 46.3. The van der Waals surface area contributed by atoms with Crippen LogP contribution >= 0.6 is 11.3 Å². The Hall–Kier alpha value is -15.3. The van der Waals surface area contributed by atoms with E-state index in [4.69, 9.17) is 53.7 Å². The standard InChI is InChI=1S/C53H32N6O.C46H27N5OS/c1-4-16-33(17-5-1)49-39-24-10-13-25-43(39)54-52(55-49)36-28-29-45(42(30-36)53-57-50(34-18-6-2-7-19-34)56-51(58-53)35-20-8-3-9-21-35)59-44-26-14-11-22-37(44)40-32-48-41(31-46(40)59)38-23-12-15-27-47(38)60-48;1-3-13-28(14-4-1)43-48-44(29-15-5-2-6-16-29)50-45(49-43)35-25-30(46-47-36-19-9-11-21-40(36)52-46)23-24-38(35)51-37-20-10-7-17-31(37)33-27-42-34(26-39(33)51)32-18-8-12-22-41(32)53-42/h1-32H;1-27H. The van der Waals surface area contributed by atoms with Gasteiger partial charge in [-0.3, -0.25) is 0 Å². The van der Waals surface area contributed by atoms with Crippen molar-refractivity contribution < 1.29 is 8.83 Å². The van der Waals surface area contributed by atoms with Gasteiger partial charge in [0.15, 0.2) is 46.4 Å². The number of hydrogen-bond acceptors (Lipinski definition) is 12. The first-order chi connectivity index (χ1) is 56.0. The van der Waals surface area contributed by atoms with E-state index in [1.807, 2.05) is 205 Å². The van der Waals surface area contributed by atoms with Gasteiger partial charge in [-0.1, -0.05) is 255 Å². The van der Waals surface area contributed by atoms with E-state index in [-0.39, 0.29) is 0 Å².